The molecule has 1 amide bonds. The summed E-state index contributed by atoms with van der Waals surface area (Å²) >= 11 is 0. The largest absolute Gasteiger partial charge is 0.388 e. The molecule has 17 heavy (non-hydrogen) atoms. The number of rotatable bonds is 5. The Morgan fingerprint density at radius 3 is 3.00 bits per heavy atom. The van der Waals surface area contributed by atoms with E-state index in [9.17, 15) is 9.18 Å². The molecule has 0 fully saturated rings. The smallest absolute Gasteiger partial charge is 0.292 e. The lowest BCUT2D eigenvalue weighted by Crippen LogP contribution is -2.22. The van der Waals surface area contributed by atoms with E-state index in [1.807, 2.05) is 0 Å². The van der Waals surface area contributed by atoms with E-state index in [2.05, 4.69) is 10.2 Å². The molecule has 0 spiro atoms. The molecule has 6 heteroatoms. The zero-order valence-corrected chi connectivity index (χ0v) is 9.20. The van der Waals surface area contributed by atoms with Crippen molar-refractivity contribution in [3.63, 3.8) is 0 Å². The predicted octanol–water partition coefficient (Wildman–Crippen LogP) is 1.64. The second kappa shape index (κ2) is 6.45. The van der Waals surface area contributed by atoms with Crippen LogP contribution in [-0.2, 0) is 16.2 Å². The highest BCUT2D eigenvalue weighted by atomic mass is 19.1. The van der Waals surface area contributed by atoms with E-state index in [0.717, 1.165) is 0 Å². The fraction of sp³-hybridized carbons (Fsp3) is 0.273. The zero-order valence-electron chi connectivity index (χ0n) is 9.20. The van der Waals surface area contributed by atoms with E-state index in [-0.39, 0.29) is 30.2 Å². The molecule has 0 saturated carbocycles. The lowest BCUT2D eigenvalue weighted by Gasteiger charge is -2.08. The van der Waals surface area contributed by atoms with Crippen LogP contribution in [0.5, 0.6) is 5.75 Å². The molecule has 0 aliphatic rings. The fourth-order valence-electron chi connectivity index (χ4n) is 1.08. The first-order valence-corrected chi connectivity index (χ1v) is 4.93. The van der Waals surface area contributed by atoms with Gasteiger partial charge in [-0.2, -0.15) is 0 Å². The third-order valence-electron chi connectivity index (χ3n) is 1.96. The third-order valence-corrected chi connectivity index (χ3v) is 1.96. The average molecular weight is 238 g/mol. The van der Waals surface area contributed by atoms with Crippen LogP contribution in [0.25, 0.3) is 0 Å². The van der Waals surface area contributed by atoms with Crippen LogP contribution in [0.3, 0.4) is 0 Å². The minimum atomic E-state index is -0.566. The quantitative estimate of drug-likeness (QED) is 0.625. The molecule has 0 unspecified atom stereocenters. The number of halogens is 1. The number of hydroxylamine groups is 1. The molecule has 5 nitrogen and oxygen atoms in total. The van der Waals surface area contributed by atoms with Crippen molar-refractivity contribution in [3.05, 3.63) is 29.6 Å². The van der Waals surface area contributed by atoms with Gasteiger partial charge < -0.3 is 4.74 Å². The van der Waals surface area contributed by atoms with Crippen molar-refractivity contribution < 1.29 is 18.8 Å². The van der Waals surface area contributed by atoms with Gasteiger partial charge in [0.15, 0.2) is 5.75 Å². The molecule has 0 aromatic heterocycles. The molecule has 1 aromatic rings. The van der Waals surface area contributed by atoms with Crippen LogP contribution in [0.1, 0.15) is 18.9 Å². The Bertz CT molecular complexity index is 443. The summed E-state index contributed by atoms with van der Waals surface area (Å²) in [7, 11) is 0. The maximum atomic E-state index is 13.4. The second-order valence-electron chi connectivity index (χ2n) is 3.08. The van der Waals surface area contributed by atoms with Crippen LogP contribution < -0.4 is 10.2 Å². The summed E-state index contributed by atoms with van der Waals surface area (Å²) in [6.45, 7) is 1.45. The van der Waals surface area contributed by atoms with Gasteiger partial charge in [0.25, 0.3) is 6.26 Å². The van der Waals surface area contributed by atoms with Gasteiger partial charge in [-0.15, -0.1) is 5.26 Å². The molecule has 1 N–H and O–H groups in total. The van der Waals surface area contributed by atoms with E-state index >= 15 is 0 Å². The van der Waals surface area contributed by atoms with Gasteiger partial charge in [-0.25, -0.2) is 9.87 Å². The van der Waals surface area contributed by atoms with E-state index < -0.39 is 5.82 Å². The third kappa shape index (κ3) is 3.74. The minimum Gasteiger partial charge on any atom is -0.388 e. The molecule has 0 saturated heterocycles. The van der Waals surface area contributed by atoms with Crippen molar-refractivity contribution >= 4 is 5.91 Å². The predicted molar refractivity (Wildman–Crippen MR) is 55.9 cm³/mol. The second-order valence-corrected chi connectivity index (χ2v) is 3.08. The van der Waals surface area contributed by atoms with Gasteiger partial charge >= 0.3 is 0 Å². The number of ether oxygens (including phenoxy) is 1. The Morgan fingerprint density at radius 2 is 2.35 bits per heavy atom. The van der Waals surface area contributed by atoms with Crippen molar-refractivity contribution in [3.8, 4) is 12.0 Å². The van der Waals surface area contributed by atoms with Gasteiger partial charge in [-0.1, -0.05) is 13.0 Å². The summed E-state index contributed by atoms with van der Waals surface area (Å²) in [6, 6.07) is 4.06. The van der Waals surface area contributed by atoms with Crippen LogP contribution in [0.4, 0.5) is 4.39 Å². The first-order valence-electron chi connectivity index (χ1n) is 4.93. The summed E-state index contributed by atoms with van der Waals surface area (Å²) in [5, 5.41) is 8.38. The van der Waals surface area contributed by atoms with Crippen molar-refractivity contribution in [1.82, 2.24) is 5.48 Å². The number of nitrogens with zero attached hydrogens (tertiary/aromatic N) is 1. The number of benzene rings is 1. The van der Waals surface area contributed by atoms with Crippen LogP contribution in [0, 0.1) is 17.3 Å². The normalized spacial score (nSPS) is 9.47. The van der Waals surface area contributed by atoms with Gasteiger partial charge in [0.05, 0.1) is 5.56 Å². The molecule has 90 valence electrons. The molecule has 1 rings (SSSR count). The number of hydrogen-bond donors (Lipinski definition) is 1. The summed E-state index contributed by atoms with van der Waals surface area (Å²) in [5.41, 5.74) is 2.21. The topological polar surface area (TPSA) is 71.3 Å². The van der Waals surface area contributed by atoms with E-state index in [4.69, 9.17) is 10.1 Å². The molecule has 0 aliphatic heterocycles. The van der Waals surface area contributed by atoms with E-state index in [1.165, 1.54) is 24.5 Å². The highest BCUT2D eigenvalue weighted by Gasteiger charge is 2.10. The Balaban J connectivity index is 2.69. The molecule has 0 aliphatic carbocycles. The van der Waals surface area contributed by atoms with Gasteiger partial charge in [0.1, 0.15) is 12.4 Å². The Kier molecular flexibility index (Phi) is 4.91. The Labute approximate surface area is 97.7 Å². The van der Waals surface area contributed by atoms with Crippen molar-refractivity contribution in [2.45, 2.75) is 20.0 Å². The lowest BCUT2D eigenvalue weighted by atomic mass is 10.2. The maximum absolute atomic E-state index is 13.4. The highest BCUT2D eigenvalue weighted by molar-refractivity contribution is 5.74. The van der Waals surface area contributed by atoms with Crippen LogP contribution in [-0.4, -0.2) is 5.91 Å². The Hall–Kier alpha value is -2.13. The summed E-state index contributed by atoms with van der Waals surface area (Å²) in [4.78, 5) is 15.7. The number of carbonyl (C=O) groups excluding carboxylic acids is 1. The summed E-state index contributed by atoms with van der Waals surface area (Å²) in [6.07, 6.45) is 1.72. The molecular weight excluding hydrogens is 227 g/mol. The number of nitriles is 1. The number of hydrogen-bond acceptors (Lipinski definition) is 4. The molecule has 0 atom stereocenters. The highest BCUT2D eigenvalue weighted by Crippen LogP contribution is 2.21. The number of amides is 1. The first kappa shape index (κ1) is 12.9. The first-order chi connectivity index (χ1) is 8.19. The summed E-state index contributed by atoms with van der Waals surface area (Å²) < 4.78 is 18.0. The van der Waals surface area contributed by atoms with Crippen molar-refractivity contribution in [2.24, 2.45) is 0 Å². The molecule has 0 heterocycles. The van der Waals surface area contributed by atoms with Gasteiger partial charge in [-0.3, -0.25) is 9.63 Å². The fourth-order valence-corrected chi connectivity index (χ4v) is 1.08. The van der Waals surface area contributed by atoms with Crippen molar-refractivity contribution in [2.75, 3.05) is 0 Å². The molecule has 0 bridgehead atoms. The molecule has 0 radical (unpaired) electrons. The standard InChI is InChI=1S/C11H11FN2O3/c1-2-11(15)14-17-6-8-9(12)4-3-5-10(8)16-7-13/h3-5H,2,6H2,1H3,(H,14,15). The van der Waals surface area contributed by atoms with Crippen LogP contribution >= 0.6 is 0 Å². The van der Waals surface area contributed by atoms with Crippen LogP contribution in [0.15, 0.2) is 18.2 Å². The molecular formula is C11H11FN2O3. The van der Waals surface area contributed by atoms with Gasteiger partial charge in [0, 0.05) is 6.42 Å². The SMILES string of the molecule is CCC(=O)NOCc1c(F)cccc1OC#N. The maximum Gasteiger partial charge on any atom is 0.292 e. The van der Waals surface area contributed by atoms with Crippen molar-refractivity contribution in [1.29, 1.82) is 5.26 Å². The summed E-state index contributed by atoms with van der Waals surface area (Å²) in [5.74, 6) is -0.814. The van der Waals surface area contributed by atoms with Gasteiger partial charge in [0.2, 0.25) is 5.91 Å². The van der Waals surface area contributed by atoms with E-state index in [1.54, 1.807) is 6.92 Å². The van der Waals surface area contributed by atoms with E-state index in [0.29, 0.717) is 0 Å². The van der Waals surface area contributed by atoms with Crippen LogP contribution in [0.2, 0.25) is 0 Å². The number of nitrogens with one attached hydrogen (secondary N) is 1. The minimum absolute atomic E-state index is 0.0678. The molecule has 1 aromatic carbocycles. The number of carbonyl (C=O) groups is 1. The zero-order chi connectivity index (χ0) is 12.7. The van der Waals surface area contributed by atoms with Gasteiger partial charge in [-0.05, 0) is 12.1 Å². The lowest BCUT2D eigenvalue weighted by molar-refractivity contribution is -0.134. The Morgan fingerprint density at radius 1 is 1.59 bits per heavy atom. The average Bonchev–Trinajstić information content (AvgIpc) is 2.32. The monoisotopic (exact) mass is 238 g/mol.